The van der Waals surface area contributed by atoms with Gasteiger partial charge in [0.05, 0.1) is 0 Å². The van der Waals surface area contributed by atoms with Gasteiger partial charge in [0.25, 0.3) is 0 Å². The molecule has 0 aromatic carbocycles. The minimum absolute atomic E-state index is 0. The third-order valence-corrected chi connectivity index (χ3v) is 4.54. The number of nitrogens with two attached hydrogens (primary N) is 1. The van der Waals surface area contributed by atoms with Crippen LogP contribution in [0.15, 0.2) is 10.6 Å². The molecule has 7 heteroatoms. The van der Waals surface area contributed by atoms with Crippen molar-refractivity contribution in [3.63, 3.8) is 0 Å². The predicted octanol–water partition coefficient (Wildman–Crippen LogP) is 1.40. The predicted molar refractivity (Wildman–Crippen MR) is 82.4 cm³/mol. The Morgan fingerprint density at radius 3 is 3.00 bits per heavy atom. The van der Waals surface area contributed by atoms with E-state index in [-0.39, 0.29) is 18.3 Å². The van der Waals surface area contributed by atoms with Crippen LogP contribution >= 0.6 is 12.4 Å². The first-order valence-electron chi connectivity index (χ1n) is 7.33. The van der Waals surface area contributed by atoms with Crippen LogP contribution in [0, 0.1) is 18.8 Å². The zero-order valence-electron chi connectivity index (χ0n) is 12.2. The third-order valence-electron chi connectivity index (χ3n) is 4.54. The Balaban J connectivity index is 0.00000161. The molecule has 3 atom stereocenters. The lowest BCUT2D eigenvalue weighted by Gasteiger charge is -2.17. The van der Waals surface area contributed by atoms with Gasteiger partial charge < -0.3 is 20.5 Å². The normalized spacial score (nSPS) is 28.2. The van der Waals surface area contributed by atoms with Crippen LogP contribution < -0.4 is 11.1 Å². The van der Waals surface area contributed by atoms with Crippen molar-refractivity contribution in [3.05, 3.63) is 11.8 Å². The number of carbonyl (C=O) groups excluding carboxylic acids is 1. The van der Waals surface area contributed by atoms with Crippen molar-refractivity contribution in [1.29, 1.82) is 0 Å². The smallest absolute Gasteiger partial charge is 0.226 e. The first kappa shape index (κ1) is 16.3. The molecule has 0 radical (unpaired) electrons. The molecule has 0 spiro atoms. The first-order chi connectivity index (χ1) is 9.61. The summed E-state index contributed by atoms with van der Waals surface area (Å²) in [5, 5.41) is 6.51. The van der Waals surface area contributed by atoms with Crippen molar-refractivity contribution in [1.82, 2.24) is 10.1 Å². The van der Waals surface area contributed by atoms with Gasteiger partial charge in [-0.1, -0.05) is 5.16 Å². The van der Waals surface area contributed by atoms with E-state index in [4.69, 9.17) is 10.3 Å². The molecule has 2 heterocycles. The van der Waals surface area contributed by atoms with Crippen LogP contribution in [0.5, 0.6) is 0 Å². The topological polar surface area (TPSA) is 84.4 Å². The second-order valence-corrected chi connectivity index (χ2v) is 6.05. The van der Waals surface area contributed by atoms with Crippen LogP contribution in [-0.4, -0.2) is 41.6 Å². The fourth-order valence-electron chi connectivity index (χ4n) is 3.47. The molecule has 6 nitrogen and oxygen atoms in total. The van der Waals surface area contributed by atoms with Crippen LogP contribution in [0.2, 0.25) is 0 Å². The number of aryl methyl sites for hydroxylation is 1. The Morgan fingerprint density at radius 1 is 1.52 bits per heavy atom. The van der Waals surface area contributed by atoms with E-state index < -0.39 is 0 Å². The first-order valence-corrected chi connectivity index (χ1v) is 7.33. The molecule has 1 saturated heterocycles. The van der Waals surface area contributed by atoms with Gasteiger partial charge >= 0.3 is 0 Å². The number of hydrogen-bond donors (Lipinski definition) is 2. The monoisotopic (exact) mass is 314 g/mol. The molecule has 1 aromatic rings. The van der Waals surface area contributed by atoms with Crippen LogP contribution in [0.3, 0.4) is 0 Å². The number of halogens is 1. The second-order valence-electron chi connectivity index (χ2n) is 6.05. The molecule has 1 aromatic heterocycles. The van der Waals surface area contributed by atoms with Crippen LogP contribution in [0.4, 0.5) is 5.82 Å². The SMILES string of the molecule is Cc1cc(NC(=O)CCN2CC3CCC(N)C3C2)no1.Cl. The Kier molecular flexibility index (Phi) is 5.24. The van der Waals surface area contributed by atoms with Crippen LogP contribution in [0.25, 0.3) is 0 Å². The van der Waals surface area contributed by atoms with E-state index in [0.29, 0.717) is 30.0 Å². The van der Waals surface area contributed by atoms with Gasteiger partial charge in [-0.2, -0.15) is 0 Å². The molecular formula is C14H23ClN4O2. The van der Waals surface area contributed by atoms with Crippen molar-refractivity contribution in [2.45, 2.75) is 32.2 Å². The van der Waals surface area contributed by atoms with Gasteiger partial charge in [0, 0.05) is 38.2 Å². The van der Waals surface area contributed by atoms with Crippen molar-refractivity contribution in [3.8, 4) is 0 Å². The number of nitrogens with zero attached hydrogens (tertiary/aromatic N) is 2. The molecule has 1 saturated carbocycles. The van der Waals surface area contributed by atoms with Crippen LogP contribution in [-0.2, 0) is 4.79 Å². The Labute approximate surface area is 130 Å². The van der Waals surface area contributed by atoms with Gasteiger partial charge in [-0.3, -0.25) is 4.79 Å². The highest BCUT2D eigenvalue weighted by Gasteiger charge is 2.40. The summed E-state index contributed by atoms with van der Waals surface area (Å²) in [6.45, 7) is 4.73. The minimum Gasteiger partial charge on any atom is -0.360 e. The molecule has 2 fully saturated rings. The Morgan fingerprint density at radius 2 is 2.33 bits per heavy atom. The number of nitrogens with one attached hydrogen (secondary N) is 1. The Bertz CT molecular complexity index is 493. The summed E-state index contributed by atoms with van der Waals surface area (Å²) >= 11 is 0. The molecule has 3 unspecified atom stereocenters. The molecule has 3 N–H and O–H groups in total. The molecule has 1 amide bonds. The van der Waals surface area contributed by atoms with Gasteiger partial charge in [0.15, 0.2) is 5.82 Å². The van der Waals surface area contributed by atoms with Crippen molar-refractivity contribution in [2.24, 2.45) is 17.6 Å². The average molecular weight is 315 g/mol. The maximum Gasteiger partial charge on any atom is 0.226 e. The number of anilines is 1. The Hall–Kier alpha value is -1.11. The summed E-state index contributed by atoms with van der Waals surface area (Å²) in [4.78, 5) is 14.2. The zero-order valence-corrected chi connectivity index (χ0v) is 13.1. The molecular weight excluding hydrogens is 292 g/mol. The maximum atomic E-state index is 11.8. The fraction of sp³-hybridized carbons (Fsp3) is 0.714. The molecule has 118 valence electrons. The van der Waals surface area contributed by atoms with E-state index in [1.807, 2.05) is 0 Å². The molecule has 1 aliphatic heterocycles. The van der Waals surface area contributed by atoms with E-state index in [9.17, 15) is 4.79 Å². The summed E-state index contributed by atoms with van der Waals surface area (Å²) in [7, 11) is 0. The van der Waals surface area contributed by atoms with Gasteiger partial charge in [-0.15, -0.1) is 12.4 Å². The lowest BCUT2D eigenvalue weighted by molar-refractivity contribution is -0.116. The molecule has 1 aliphatic carbocycles. The number of aromatic nitrogens is 1. The van der Waals surface area contributed by atoms with E-state index in [2.05, 4.69) is 15.4 Å². The van der Waals surface area contributed by atoms with Gasteiger partial charge in [0.2, 0.25) is 5.91 Å². The van der Waals surface area contributed by atoms with Crippen molar-refractivity contribution >= 4 is 24.1 Å². The number of hydrogen-bond acceptors (Lipinski definition) is 5. The van der Waals surface area contributed by atoms with Gasteiger partial charge in [-0.25, -0.2) is 0 Å². The molecule has 0 bridgehead atoms. The lowest BCUT2D eigenvalue weighted by Crippen LogP contribution is -2.31. The van der Waals surface area contributed by atoms with Crippen LogP contribution in [0.1, 0.15) is 25.0 Å². The number of amides is 1. The number of likely N-dealkylation sites (tertiary alicyclic amines) is 1. The van der Waals surface area contributed by atoms with E-state index >= 15 is 0 Å². The summed E-state index contributed by atoms with van der Waals surface area (Å²) in [6, 6.07) is 2.08. The molecule has 21 heavy (non-hydrogen) atoms. The van der Waals surface area contributed by atoms with Crippen molar-refractivity contribution in [2.75, 3.05) is 25.0 Å². The maximum absolute atomic E-state index is 11.8. The number of fused-ring (bicyclic) bond motifs is 1. The molecule has 2 aliphatic rings. The number of rotatable bonds is 4. The van der Waals surface area contributed by atoms with E-state index in [0.717, 1.165) is 32.0 Å². The largest absolute Gasteiger partial charge is 0.360 e. The second kappa shape index (κ2) is 6.77. The fourth-order valence-corrected chi connectivity index (χ4v) is 3.47. The minimum atomic E-state index is -0.0142. The van der Waals surface area contributed by atoms with E-state index in [1.165, 1.54) is 6.42 Å². The zero-order chi connectivity index (χ0) is 14.1. The number of carbonyl (C=O) groups is 1. The van der Waals surface area contributed by atoms with Gasteiger partial charge in [-0.05, 0) is 31.6 Å². The van der Waals surface area contributed by atoms with E-state index in [1.54, 1.807) is 13.0 Å². The molecule has 3 rings (SSSR count). The summed E-state index contributed by atoms with van der Waals surface area (Å²) < 4.78 is 4.92. The van der Waals surface area contributed by atoms with Crippen molar-refractivity contribution < 1.29 is 9.32 Å². The quantitative estimate of drug-likeness (QED) is 0.877. The highest BCUT2D eigenvalue weighted by molar-refractivity contribution is 5.89. The summed E-state index contributed by atoms with van der Waals surface area (Å²) in [6.07, 6.45) is 2.89. The highest BCUT2D eigenvalue weighted by atomic mass is 35.5. The average Bonchev–Trinajstić information content (AvgIpc) is 3.07. The summed E-state index contributed by atoms with van der Waals surface area (Å²) in [5.74, 6) is 2.55. The van der Waals surface area contributed by atoms with Gasteiger partial charge in [0.1, 0.15) is 5.76 Å². The summed E-state index contributed by atoms with van der Waals surface area (Å²) in [5.41, 5.74) is 6.12. The highest BCUT2D eigenvalue weighted by Crippen LogP contribution is 2.36. The standard InChI is InChI=1S/C14H22N4O2.ClH/c1-9-6-13(17-20-9)16-14(19)4-5-18-7-10-2-3-12(15)11(10)8-18;/h6,10-12H,2-5,7-8,15H2,1H3,(H,16,17,19);1H. The third kappa shape index (κ3) is 3.75. The lowest BCUT2D eigenvalue weighted by atomic mass is 9.98.